The molecule has 0 saturated heterocycles. The molecule has 29 heavy (non-hydrogen) atoms. The molecule has 0 atom stereocenters. The van der Waals surface area contributed by atoms with E-state index < -0.39 is 5.97 Å². The van der Waals surface area contributed by atoms with Crippen LogP contribution in [0.25, 0.3) is 33.6 Å². The summed E-state index contributed by atoms with van der Waals surface area (Å²) in [4.78, 5) is 25.2. The van der Waals surface area contributed by atoms with Gasteiger partial charge in [0.1, 0.15) is 11.2 Å². The number of ether oxygens (including phenoxy) is 1. The maximum Gasteiger partial charge on any atom is 0.308 e. The normalized spacial score (nSPS) is 13.4. The zero-order chi connectivity index (χ0) is 20.3. The number of fused-ring (bicyclic) bond motifs is 5. The summed E-state index contributed by atoms with van der Waals surface area (Å²) in [5.41, 5.74) is 7.49. The maximum absolute atomic E-state index is 13.4. The molecule has 0 radical (unpaired) electrons. The monoisotopic (exact) mass is 382 g/mol. The predicted octanol–water partition coefficient (Wildman–Crippen LogP) is 5.78. The number of hydrogen-bond donors (Lipinski definition) is 0. The Bertz CT molecular complexity index is 1300. The number of ketones is 1. The first-order chi connectivity index (χ1) is 14.0. The Morgan fingerprint density at radius 2 is 1.45 bits per heavy atom. The lowest BCUT2D eigenvalue weighted by molar-refractivity contribution is -0.134. The van der Waals surface area contributed by atoms with Crippen molar-refractivity contribution in [2.24, 2.45) is 0 Å². The first-order valence-corrected chi connectivity index (χ1v) is 9.45. The second kappa shape index (κ2) is 6.17. The van der Waals surface area contributed by atoms with Crippen LogP contribution >= 0.6 is 0 Å². The molecule has 2 aromatic carbocycles. The van der Waals surface area contributed by atoms with Gasteiger partial charge in [-0.2, -0.15) is 0 Å². The van der Waals surface area contributed by atoms with Gasteiger partial charge in [0, 0.05) is 6.92 Å². The first kappa shape index (κ1) is 17.4. The highest BCUT2D eigenvalue weighted by Crippen LogP contribution is 2.47. The number of esters is 1. The van der Waals surface area contributed by atoms with Gasteiger partial charge in [0.2, 0.25) is 5.78 Å². The number of furan rings is 2. The third-order valence-corrected chi connectivity index (χ3v) is 5.39. The van der Waals surface area contributed by atoms with Crippen LogP contribution in [0.3, 0.4) is 0 Å². The largest absolute Gasteiger partial charge is 0.456 e. The molecule has 0 aliphatic heterocycles. The van der Waals surface area contributed by atoms with Crippen LogP contribution in [0.15, 0.2) is 59.0 Å². The van der Waals surface area contributed by atoms with Gasteiger partial charge in [-0.25, -0.2) is 0 Å². The van der Waals surface area contributed by atoms with Crippen LogP contribution < -0.4 is 0 Å². The minimum atomic E-state index is -0.465. The van der Waals surface area contributed by atoms with Gasteiger partial charge in [0.05, 0.1) is 16.7 Å². The van der Waals surface area contributed by atoms with Crippen molar-refractivity contribution in [2.75, 3.05) is 0 Å². The van der Waals surface area contributed by atoms with Crippen molar-refractivity contribution in [3.63, 3.8) is 0 Å². The van der Waals surface area contributed by atoms with Crippen LogP contribution in [-0.2, 0) is 9.53 Å². The lowest BCUT2D eigenvalue weighted by Gasteiger charge is -2.15. The van der Waals surface area contributed by atoms with E-state index in [2.05, 4.69) is 24.3 Å². The lowest BCUT2D eigenvalue weighted by atomic mass is 9.90. The quantitative estimate of drug-likeness (QED) is 0.421. The SMILES string of the molecule is CC(=O)OC1=C(c2c(C)cc(-c3ccccc3)cc2C)C(=O)c2c1c1ccc2o1. The fraction of sp³-hybridized carbons (Fsp3) is 0.120. The highest BCUT2D eigenvalue weighted by Gasteiger charge is 2.40. The van der Waals surface area contributed by atoms with E-state index in [1.54, 1.807) is 12.1 Å². The number of benzene rings is 3. The van der Waals surface area contributed by atoms with E-state index in [0.29, 0.717) is 33.6 Å². The number of rotatable bonds is 3. The molecule has 5 rings (SSSR count). The second-order valence-corrected chi connectivity index (χ2v) is 7.39. The number of carbonyl (C=O) groups excluding carboxylic acids is 2. The molecule has 4 aromatic rings. The molecule has 1 aliphatic rings. The van der Waals surface area contributed by atoms with Crippen LogP contribution in [-0.4, -0.2) is 11.8 Å². The molecule has 2 heterocycles. The van der Waals surface area contributed by atoms with Gasteiger partial charge in [0.25, 0.3) is 0 Å². The third kappa shape index (κ3) is 2.53. The van der Waals surface area contributed by atoms with E-state index in [-0.39, 0.29) is 5.78 Å². The van der Waals surface area contributed by atoms with Gasteiger partial charge in [0.15, 0.2) is 5.76 Å². The standard InChI is InChI=1S/C25H18O4/c1-13-11-17(16-7-5-4-6-8-16)12-14(2)20(13)23-24(27)21-18-9-10-19(29-18)22(21)25(23)28-15(3)26/h4-12H,1-3H3. The number of Topliss-reactive ketones (excluding diaryl/α,β-unsaturated/α-hetero) is 1. The number of aryl methyl sites for hydroxylation is 2. The molecule has 0 unspecified atom stereocenters. The predicted molar refractivity (Wildman–Crippen MR) is 112 cm³/mol. The van der Waals surface area contributed by atoms with Crippen LogP contribution in [0.5, 0.6) is 0 Å². The molecular weight excluding hydrogens is 364 g/mol. The van der Waals surface area contributed by atoms with E-state index in [1.807, 2.05) is 32.0 Å². The lowest BCUT2D eigenvalue weighted by Crippen LogP contribution is -2.05. The van der Waals surface area contributed by atoms with Crippen LogP contribution in [0.1, 0.15) is 39.5 Å². The van der Waals surface area contributed by atoms with Crippen molar-refractivity contribution in [2.45, 2.75) is 20.8 Å². The molecule has 0 spiro atoms. The number of allylic oxidation sites excluding steroid dienone is 1. The average molecular weight is 382 g/mol. The summed E-state index contributed by atoms with van der Waals surface area (Å²) in [6, 6.07) is 17.8. The summed E-state index contributed by atoms with van der Waals surface area (Å²) >= 11 is 0. The van der Waals surface area contributed by atoms with Gasteiger partial charge in [-0.1, -0.05) is 42.5 Å². The van der Waals surface area contributed by atoms with Gasteiger partial charge >= 0.3 is 5.97 Å². The van der Waals surface area contributed by atoms with Crippen LogP contribution in [0.4, 0.5) is 0 Å². The maximum atomic E-state index is 13.4. The zero-order valence-corrected chi connectivity index (χ0v) is 16.3. The highest BCUT2D eigenvalue weighted by atomic mass is 16.5. The minimum absolute atomic E-state index is 0.163. The fourth-order valence-corrected chi connectivity index (χ4v) is 4.28. The van der Waals surface area contributed by atoms with Crippen molar-refractivity contribution in [3.05, 3.63) is 82.4 Å². The van der Waals surface area contributed by atoms with E-state index in [0.717, 1.165) is 27.8 Å². The Morgan fingerprint density at radius 1 is 0.828 bits per heavy atom. The second-order valence-electron chi connectivity index (χ2n) is 7.39. The Balaban J connectivity index is 1.73. The Kier molecular flexibility index (Phi) is 3.71. The summed E-state index contributed by atoms with van der Waals surface area (Å²) in [5.74, 6) is -0.331. The van der Waals surface area contributed by atoms with Crippen molar-refractivity contribution < 1.29 is 18.7 Å². The molecule has 0 N–H and O–H groups in total. The fourth-order valence-electron chi connectivity index (χ4n) is 4.28. The molecule has 1 aliphatic carbocycles. The van der Waals surface area contributed by atoms with E-state index in [9.17, 15) is 9.59 Å². The van der Waals surface area contributed by atoms with Crippen LogP contribution in [0, 0.1) is 13.8 Å². The highest BCUT2D eigenvalue weighted by molar-refractivity contribution is 6.42. The first-order valence-electron chi connectivity index (χ1n) is 9.45. The molecular formula is C25H18O4. The zero-order valence-electron chi connectivity index (χ0n) is 16.3. The Labute approximate surface area is 167 Å². The Hall–Kier alpha value is -3.66. The average Bonchev–Trinajstić information content (AvgIpc) is 3.37. The van der Waals surface area contributed by atoms with E-state index >= 15 is 0 Å². The Morgan fingerprint density at radius 3 is 2.07 bits per heavy atom. The van der Waals surface area contributed by atoms with E-state index in [4.69, 9.17) is 9.15 Å². The van der Waals surface area contributed by atoms with Gasteiger partial charge in [-0.3, -0.25) is 9.59 Å². The van der Waals surface area contributed by atoms with Crippen molar-refractivity contribution in [1.29, 1.82) is 0 Å². The summed E-state index contributed by atoms with van der Waals surface area (Å²) < 4.78 is 11.2. The van der Waals surface area contributed by atoms with Crippen molar-refractivity contribution in [3.8, 4) is 11.1 Å². The number of hydrogen-bond acceptors (Lipinski definition) is 4. The van der Waals surface area contributed by atoms with Gasteiger partial charge in [-0.15, -0.1) is 0 Å². The smallest absolute Gasteiger partial charge is 0.308 e. The molecule has 2 aromatic heterocycles. The molecule has 0 saturated carbocycles. The molecule has 4 nitrogen and oxygen atoms in total. The summed E-state index contributed by atoms with van der Waals surface area (Å²) in [6.07, 6.45) is 0. The molecule has 2 bridgehead atoms. The minimum Gasteiger partial charge on any atom is -0.456 e. The molecule has 0 amide bonds. The summed E-state index contributed by atoms with van der Waals surface area (Å²) in [5, 5.41) is 0. The summed E-state index contributed by atoms with van der Waals surface area (Å²) in [7, 11) is 0. The third-order valence-electron chi connectivity index (χ3n) is 5.39. The van der Waals surface area contributed by atoms with E-state index in [1.165, 1.54) is 6.92 Å². The number of carbonyl (C=O) groups is 2. The van der Waals surface area contributed by atoms with Crippen molar-refractivity contribution >= 4 is 34.3 Å². The van der Waals surface area contributed by atoms with Gasteiger partial charge < -0.3 is 9.15 Å². The molecule has 142 valence electrons. The van der Waals surface area contributed by atoms with Crippen molar-refractivity contribution in [1.82, 2.24) is 0 Å². The molecule has 0 fully saturated rings. The topological polar surface area (TPSA) is 56.5 Å². The van der Waals surface area contributed by atoms with Gasteiger partial charge in [-0.05, 0) is 53.8 Å². The molecule has 4 heteroatoms. The van der Waals surface area contributed by atoms with Crippen LogP contribution in [0.2, 0.25) is 0 Å². The summed E-state index contributed by atoms with van der Waals surface area (Å²) in [6.45, 7) is 5.30.